The van der Waals surface area contributed by atoms with Gasteiger partial charge in [-0.3, -0.25) is 0 Å². The molecule has 0 N–H and O–H groups in total. The maximum atomic E-state index is 14.9. The van der Waals surface area contributed by atoms with Gasteiger partial charge >= 0.3 is 0 Å². The van der Waals surface area contributed by atoms with E-state index in [0.717, 1.165) is 24.5 Å². The second kappa shape index (κ2) is 12.2. The van der Waals surface area contributed by atoms with Gasteiger partial charge in [-0.05, 0) is 58.9 Å². The number of aryl methyl sites for hydroxylation is 2. The molecule has 0 aliphatic heterocycles. The zero-order valence-electron chi connectivity index (χ0n) is 21.3. The first kappa shape index (κ1) is 27.4. The number of alkyl halides is 1. The third-order valence-corrected chi connectivity index (χ3v) is 6.58. The van der Waals surface area contributed by atoms with Crippen LogP contribution in [0.1, 0.15) is 49.6 Å². The van der Waals surface area contributed by atoms with Crippen LogP contribution >= 0.6 is 0 Å². The molecule has 38 heavy (non-hydrogen) atoms. The molecule has 0 fully saturated rings. The van der Waals surface area contributed by atoms with Crippen LogP contribution in [-0.2, 0) is 12.8 Å². The van der Waals surface area contributed by atoms with Crippen molar-refractivity contribution in [2.75, 3.05) is 6.61 Å². The standard InChI is InChI=1S/C32H29F5O/c1-3-5-20-6-8-22(9-7-20)25-13-10-23(18-28(25)34)26-14-11-24(19-29(26)35)27(33)16-17-38-30-15-12-21(4-2)31(36)32(30)37/h6-15,18-19,27H,3-5,16-17H2,1-2H3. The summed E-state index contributed by atoms with van der Waals surface area (Å²) in [5.41, 5.74) is 3.12. The van der Waals surface area contributed by atoms with Crippen molar-refractivity contribution < 1.29 is 26.7 Å². The maximum Gasteiger partial charge on any atom is 0.200 e. The first-order valence-corrected chi connectivity index (χ1v) is 12.7. The lowest BCUT2D eigenvalue weighted by molar-refractivity contribution is 0.228. The first-order chi connectivity index (χ1) is 18.3. The molecular formula is C32H29F5O. The molecule has 198 valence electrons. The quantitative estimate of drug-likeness (QED) is 0.188. The van der Waals surface area contributed by atoms with E-state index in [1.807, 2.05) is 24.3 Å². The monoisotopic (exact) mass is 524 g/mol. The Bertz CT molecular complexity index is 1400. The molecule has 1 unspecified atom stereocenters. The van der Waals surface area contributed by atoms with E-state index in [2.05, 4.69) is 6.92 Å². The van der Waals surface area contributed by atoms with Crippen molar-refractivity contribution >= 4 is 0 Å². The van der Waals surface area contributed by atoms with Crippen LogP contribution in [0.2, 0.25) is 0 Å². The van der Waals surface area contributed by atoms with Crippen LogP contribution in [-0.4, -0.2) is 6.61 Å². The van der Waals surface area contributed by atoms with Gasteiger partial charge in [-0.15, -0.1) is 0 Å². The Hall–Kier alpha value is -3.67. The fraction of sp³-hybridized carbons (Fsp3) is 0.250. The SMILES string of the molecule is CCCc1ccc(-c2ccc(-c3ccc(C(F)CCOc4ccc(CC)c(F)c4F)cc3F)cc2F)cc1. The molecule has 0 amide bonds. The average Bonchev–Trinajstić information content (AvgIpc) is 2.91. The van der Waals surface area contributed by atoms with Crippen LogP contribution in [0, 0.1) is 23.3 Å². The highest BCUT2D eigenvalue weighted by Gasteiger charge is 2.17. The summed E-state index contributed by atoms with van der Waals surface area (Å²) < 4.78 is 77.8. The lowest BCUT2D eigenvalue weighted by atomic mass is 9.97. The molecule has 4 aromatic rings. The highest BCUT2D eigenvalue weighted by atomic mass is 19.2. The summed E-state index contributed by atoms with van der Waals surface area (Å²) in [6.45, 7) is 3.58. The van der Waals surface area contributed by atoms with Gasteiger partial charge < -0.3 is 4.74 Å². The number of halogens is 5. The summed E-state index contributed by atoms with van der Waals surface area (Å²) in [6, 6.07) is 18.8. The van der Waals surface area contributed by atoms with Crippen LogP contribution in [0.4, 0.5) is 22.0 Å². The summed E-state index contributed by atoms with van der Waals surface area (Å²) in [5.74, 6) is -3.55. The Labute approximate surface area is 219 Å². The molecule has 1 nitrogen and oxygen atoms in total. The fourth-order valence-corrected chi connectivity index (χ4v) is 4.41. The topological polar surface area (TPSA) is 9.23 Å². The molecule has 0 spiro atoms. The highest BCUT2D eigenvalue weighted by Crippen LogP contribution is 2.32. The highest BCUT2D eigenvalue weighted by molar-refractivity contribution is 5.71. The van der Waals surface area contributed by atoms with Crippen LogP contribution in [0.25, 0.3) is 22.3 Å². The Morgan fingerprint density at radius 3 is 2.03 bits per heavy atom. The van der Waals surface area contributed by atoms with E-state index in [1.165, 1.54) is 35.9 Å². The molecule has 0 aromatic heterocycles. The first-order valence-electron chi connectivity index (χ1n) is 12.7. The molecule has 0 aliphatic carbocycles. The molecule has 0 saturated carbocycles. The van der Waals surface area contributed by atoms with E-state index in [-0.39, 0.29) is 35.5 Å². The fourth-order valence-electron chi connectivity index (χ4n) is 4.41. The molecule has 4 rings (SSSR count). The lowest BCUT2D eigenvalue weighted by Gasteiger charge is -2.13. The molecule has 0 radical (unpaired) electrons. The van der Waals surface area contributed by atoms with E-state index in [4.69, 9.17) is 4.74 Å². The summed E-state index contributed by atoms with van der Waals surface area (Å²) in [5, 5.41) is 0. The minimum absolute atomic E-state index is 0.0760. The van der Waals surface area contributed by atoms with Crippen molar-refractivity contribution in [3.05, 3.63) is 113 Å². The molecule has 0 heterocycles. The largest absolute Gasteiger partial charge is 0.490 e. The number of hydrogen-bond acceptors (Lipinski definition) is 1. The molecule has 1 atom stereocenters. The lowest BCUT2D eigenvalue weighted by Crippen LogP contribution is -2.05. The van der Waals surface area contributed by atoms with Gasteiger partial charge in [0.05, 0.1) is 6.61 Å². The summed E-state index contributed by atoms with van der Waals surface area (Å²) >= 11 is 0. The van der Waals surface area contributed by atoms with E-state index >= 15 is 0 Å². The Morgan fingerprint density at radius 1 is 0.711 bits per heavy atom. The van der Waals surface area contributed by atoms with Gasteiger partial charge in [0, 0.05) is 17.5 Å². The van der Waals surface area contributed by atoms with Crippen molar-refractivity contribution in [2.45, 2.75) is 45.7 Å². The Kier molecular flexibility index (Phi) is 8.82. The van der Waals surface area contributed by atoms with Gasteiger partial charge in [0.15, 0.2) is 11.6 Å². The van der Waals surface area contributed by atoms with Gasteiger partial charge in [0.1, 0.15) is 17.8 Å². The molecule has 0 saturated heterocycles. The Morgan fingerprint density at radius 2 is 1.37 bits per heavy atom. The summed E-state index contributed by atoms with van der Waals surface area (Å²) in [7, 11) is 0. The van der Waals surface area contributed by atoms with E-state index < -0.39 is 29.4 Å². The minimum Gasteiger partial charge on any atom is -0.490 e. The average molecular weight is 525 g/mol. The predicted molar refractivity (Wildman–Crippen MR) is 141 cm³/mol. The minimum atomic E-state index is -1.59. The third kappa shape index (κ3) is 6.07. The Balaban J connectivity index is 1.43. The van der Waals surface area contributed by atoms with Crippen LogP contribution in [0.3, 0.4) is 0 Å². The van der Waals surface area contributed by atoms with Crippen molar-refractivity contribution in [3.63, 3.8) is 0 Å². The smallest absolute Gasteiger partial charge is 0.200 e. The van der Waals surface area contributed by atoms with Crippen molar-refractivity contribution in [2.24, 2.45) is 0 Å². The van der Waals surface area contributed by atoms with Crippen molar-refractivity contribution in [3.8, 4) is 28.0 Å². The van der Waals surface area contributed by atoms with Crippen LogP contribution in [0.5, 0.6) is 5.75 Å². The molecule has 0 aliphatic rings. The molecular weight excluding hydrogens is 495 g/mol. The van der Waals surface area contributed by atoms with Gasteiger partial charge in [-0.2, -0.15) is 4.39 Å². The second-order valence-electron chi connectivity index (χ2n) is 9.19. The predicted octanol–water partition coefficient (Wildman–Crippen LogP) is 9.57. The van der Waals surface area contributed by atoms with Gasteiger partial charge in [-0.25, -0.2) is 17.6 Å². The maximum absolute atomic E-state index is 14.9. The molecule has 6 heteroatoms. The number of hydrogen-bond donors (Lipinski definition) is 0. The number of rotatable bonds is 10. The normalized spacial score (nSPS) is 12.0. The van der Waals surface area contributed by atoms with Gasteiger partial charge in [0.25, 0.3) is 0 Å². The van der Waals surface area contributed by atoms with Gasteiger partial charge in [-0.1, -0.05) is 74.9 Å². The van der Waals surface area contributed by atoms with E-state index in [9.17, 15) is 22.0 Å². The van der Waals surface area contributed by atoms with Crippen LogP contribution in [0.15, 0.2) is 72.8 Å². The van der Waals surface area contributed by atoms with E-state index in [0.29, 0.717) is 17.5 Å². The number of ether oxygens (including phenoxy) is 1. The second-order valence-corrected chi connectivity index (χ2v) is 9.19. The zero-order chi connectivity index (χ0) is 27.2. The third-order valence-electron chi connectivity index (χ3n) is 6.58. The van der Waals surface area contributed by atoms with Crippen LogP contribution < -0.4 is 4.74 Å². The molecule has 0 bridgehead atoms. The van der Waals surface area contributed by atoms with E-state index in [1.54, 1.807) is 19.1 Å². The molecule has 4 aromatic carbocycles. The van der Waals surface area contributed by atoms with Crippen molar-refractivity contribution in [1.29, 1.82) is 0 Å². The van der Waals surface area contributed by atoms with Crippen molar-refractivity contribution in [1.82, 2.24) is 0 Å². The summed E-state index contributed by atoms with van der Waals surface area (Å²) in [4.78, 5) is 0. The zero-order valence-corrected chi connectivity index (χ0v) is 21.3. The summed E-state index contributed by atoms with van der Waals surface area (Å²) in [6.07, 6.45) is 0.542. The van der Waals surface area contributed by atoms with Gasteiger partial charge in [0.2, 0.25) is 5.82 Å². The number of benzene rings is 4.